The molecule has 4 heteroatoms. The van der Waals surface area contributed by atoms with Crippen LogP contribution in [0.1, 0.15) is 48.3 Å². The summed E-state index contributed by atoms with van der Waals surface area (Å²) in [5.74, 6) is 1.24. The first-order valence-corrected chi connectivity index (χ1v) is 8.62. The van der Waals surface area contributed by atoms with Gasteiger partial charge >= 0.3 is 0 Å². The van der Waals surface area contributed by atoms with Crippen LogP contribution >= 0.6 is 23.1 Å². The van der Waals surface area contributed by atoms with Crippen LogP contribution < -0.4 is 5.32 Å². The highest BCUT2D eigenvalue weighted by Crippen LogP contribution is 2.26. The number of rotatable bonds is 8. The van der Waals surface area contributed by atoms with Crippen LogP contribution in [0.4, 0.5) is 0 Å². The Morgan fingerprint density at radius 2 is 2.18 bits per heavy atom. The summed E-state index contributed by atoms with van der Waals surface area (Å²) in [5.41, 5.74) is 1.28. The topological polar surface area (TPSA) is 24.9 Å². The number of nitrogens with one attached hydrogen (secondary N) is 1. The fourth-order valence-corrected chi connectivity index (χ4v) is 3.49. The van der Waals surface area contributed by atoms with Crippen molar-refractivity contribution < 1.29 is 0 Å². The minimum atomic E-state index is 0.455. The van der Waals surface area contributed by atoms with Gasteiger partial charge in [0.1, 0.15) is 5.01 Å². The van der Waals surface area contributed by atoms with Crippen molar-refractivity contribution in [3.05, 3.63) is 15.6 Å². The largest absolute Gasteiger partial charge is 0.308 e. The third-order valence-corrected chi connectivity index (χ3v) is 4.66. The van der Waals surface area contributed by atoms with E-state index in [1.807, 2.05) is 23.1 Å². The molecule has 0 bridgehead atoms. The molecule has 0 amide bonds. The number of aryl methyl sites for hydroxylation is 2. The zero-order valence-electron chi connectivity index (χ0n) is 11.4. The van der Waals surface area contributed by atoms with Crippen molar-refractivity contribution in [3.63, 3.8) is 0 Å². The summed E-state index contributed by atoms with van der Waals surface area (Å²) in [7, 11) is 0. The molecule has 0 fully saturated rings. The minimum Gasteiger partial charge on any atom is -0.308 e. The van der Waals surface area contributed by atoms with Crippen molar-refractivity contribution in [2.45, 2.75) is 46.1 Å². The van der Waals surface area contributed by atoms with Crippen LogP contribution in [-0.2, 0) is 6.42 Å². The van der Waals surface area contributed by atoms with Crippen molar-refractivity contribution >= 4 is 23.1 Å². The lowest BCUT2D eigenvalue weighted by molar-refractivity contribution is 0.508. The molecule has 0 aromatic carbocycles. The number of nitrogens with zero attached hydrogens (tertiary/aromatic N) is 1. The Kier molecular flexibility index (Phi) is 7.16. The van der Waals surface area contributed by atoms with Crippen LogP contribution in [-0.4, -0.2) is 23.5 Å². The number of aromatic nitrogens is 1. The van der Waals surface area contributed by atoms with Crippen LogP contribution in [0.5, 0.6) is 0 Å². The first-order valence-electron chi connectivity index (χ1n) is 6.41. The average molecular weight is 272 g/mol. The van der Waals surface area contributed by atoms with Crippen molar-refractivity contribution in [3.8, 4) is 0 Å². The molecule has 0 radical (unpaired) electrons. The van der Waals surface area contributed by atoms with Gasteiger partial charge in [-0.15, -0.1) is 11.3 Å². The highest BCUT2D eigenvalue weighted by Gasteiger charge is 2.15. The van der Waals surface area contributed by atoms with Gasteiger partial charge in [-0.1, -0.05) is 13.8 Å². The molecule has 1 atom stereocenters. The predicted molar refractivity (Wildman–Crippen MR) is 80.3 cm³/mol. The molecule has 0 aliphatic heterocycles. The Labute approximate surface area is 114 Å². The maximum absolute atomic E-state index is 4.78. The lowest BCUT2D eigenvalue weighted by Crippen LogP contribution is -2.21. The number of hydrogen-bond donors (Lipinski definition) is 1. The summed E-state index contributed by atoms with van der Waals surface area (Å²) in [4.78, 5) is 6.16. The highest BCUT2D eigenvalue weighted by atomic mass is 32.2. The van der Waals surface area contributed by atoms with Crippen molar-refractivity contribution in [1.29, 1.82) is 0 Å². The molecule has 98 valence electrons. The van der Waals surface area contributed by atoms with Crippen LogP contribution in [0.25, 0.3) is 0 Å². The lowest BCUT2D eigenvalue weighted by atomic mass is 10.2. The molecule has 0 spiro atoms. The molecule has 17 heavy (non-hydrogen) atoms. The summed E-state index contributed by atoms with van der Waals surface area (Å²) in [6, 6.07) is 0.455. The van der Waals surface area contributed by atoms with E-state index in [9.17, 15) is 0 Å². The standard InChI is InChI=1S/C13H24N2S2/c1-5-11-10(3)17-13(15-11)12(14-6-2)8-7-9-16-4/h12,14H,5-9H2,1-4H3. The van der Waals surface area contributed by atoms with Gasteiger partial charge in [0.2, 0.25) is 0 Å². The lowest BCUT2D eigenvalue weighted by Gasteiger charge is -2.14. The van der Waals surface area contributed by atoms with E-state index < -0.39 is 0 Å². The van der Waals surface area contributed by atoms with Gasteiger partial charge in [-0.25, -0.2) is 4.98 Å². The van der Waals surface area contributed by atoms with E-state index >= 15 is 0 Å². The van der Waals surface area contributed by atoms with E-state index in [4.69, 9.17) is 4.98 Å². The zero-order valence-corrected chi connectivity index (χ0v) is 13.0. The quantitative estimate of drug-likeness (QED) is 0.729. The highest BCUT2D eigenvalue weighted by molar-refractivity contribution is 7.98. The molecule has 1 N–H and O–H groups in total. The zero-order chi connectivity index (χ0) is 12.7. The van der Waals surface area contributed by atoms with Gasteiger partial charge in [-0.3, -0.25) is 0 Å². The molecule has 1 unspecified atom stereocenters. The molecule has 0 saturated carbocycles. The summed E-state index contributed by atoms with van der Waals surface area (Å²) in [5, 5.41) is 4.84. The van der Waals surface area contributed by atoms with Gasteiger partial charge in [0.05, 0.1) is 11.7 Å². The van der Waals surface area contributed by atoms with Crippen LogP contribution in [0, 0.1) is 6.92 Å². The second-order valence-electron chi connectivity index (χ2n) is 4.15. The van der Waals surface area contributed by atoms with Crippen molar-refractivity contribution in [2.75, 3.05) is 18.6 Å². The molecule has 1 heterocycles. The predicted octanol–water partition coefficient (Wildman–Crippen LogP) is 3.81. The van der Waals surface area contributed by atoms with Gasteiger partial charge in [-0.05, 0) is 44.7 Å². The maximum Gasteiger partial charge on any atom is 0.110 e. The molecule has 0 aliphatic rings. The first kappa shape index (κ1) is 15.0. The number of hydrogen-bond acceptors (Lipinski definition) is 4. The minimum absolute atomic E-state index is 0.455. The normalized spacial score (nSPS) is 12.9. The summed E-state index contributed by atoms with van der Waals surface area (Å²) < 4.78 is 0. The van der Waals surface area contributed by atoms with E-state index in [1.54, 1.807) is 0 Å². The van der Waals surface area contributed by atoms with Crippen molar-refractivity contribution in [1.82, 2.24) is 10.3 Å². The Balaban J connectivity index is 2.67. The molecule has 1 aromatic rings. The monoisotopic (exact) mass is 272 g/mol. The van der Waals surface area contributed by atoms with E-state index in [0.717, 1.165) is 13.0 Å². The third-order valence-electron chi connectivity index (χ3n) is 2.83. The molecule has 1 rings (SSSR count). The van der Waals surface area contributed by atoms with E-state index in [2.05, 4.69) is 32.3 Å². The smallest absolute Gasteiger partial charge is 0.110 e. The SMILES string of the molecule is CCNC(CCCSC)c1nc(CC)c(C)s1. The molecule has 2 nitrogen and oxygen atoms in total. The second kappa shape index (κ2) is 8.11. The Hall–Kier alpha value is -0.0600. The number of thiazole rings is 1. The molecule has 1 aromatic heterocycles. The van der Waals surface area contributed by atoms with Gasteiger partial charge in [0.15, 0.2) is 0 Å². The fraction of sp³-hybridized carbons (Fsp3) is 0.769. The van der Waals surface area contributed by atoms with Crippen LogP contribution in [0.2, 0.25) is 0 Å². The Morgan fingerprint density at radius 1 is 1.41 bits per heavy atom. The molecular weight excluding hydrogens is 248 g/mol. The average Bonchev–Trinajstić information content (AvgIpc) is 2.69. The molecule has 0 aliphatic carbocycles. The summed E-state index contributed by atoms with van der Waals surface area (Å²) >= 11 is 3.79. The van der Waals surface area contributed by atoms with Gasteiger partial charge in [0.25, 0.3) is 0 Å². The summed E-state index contributed by atoms with van der Waals surface area (Å²) in [6.45, 7) is 7.56. The Bertz CT molecular complexity index is 323. The Morgan fingerprint density at radius 3 is 2.71 bits per heavy atom. The molecular formula is C13H24N2S2. The second-order valence-corrected chi connectivity index (χ2v) is 6.37. The van der Waals surface area contributed by atoms with Crippen LogP contribution in [0.15, 0.2) is 0 Å². The number of thioether (sulfide) groups is 1. The van der Waals surface area contributed by atoms with E-state index in [-0.39, 0.29) is 0 Å². The maximum atomic E-state index is 4.78. The summed E-state index contributed by atoms with van der Waals surface area (Å²) in [6.07, 6.45) is 5.68. The molecule has 0 saturated heterocycles. The van der Waals surface area contributed by atoms with Gasteiger partial charge in [-0.2, -0.15) is 11.8 Å². The van der Waals surface area contributed by atoms with E-state index in [1.165, 1.54) is 34.2 Å². The fourth-order valence-electron chi connectivity index (χ4n) is 1.92. The van der Waals surface area contributed by atoms with E-state index in [0.29, 0.717) is 6.04 Å². The first-order chi connectivity index (χ1) is 8.22. The third kappa shape index (κ3) is 4.60. The van der Waals surface area contributed by atoms with Crippen LogP contribution in [0.3, 0.4) is 0 Å². The van der Waals surface area contributed by atoms with Gasteiger partial charge in [0, 0.05) is 4.88 Å². The van der Waals surface area contributed by atoms with Crippen molar-refractivity contribution in [2.24, 2.45) is 0 Å². The van der Waals surface area contributed by atoms with Gasteiger partial charge < -0.3 is 5.32 Å².